The summed E-state index contributed by atoms with van der Waals surface area (Å²) in [7, 11) is 1.60. The predicted octanol–water partition coefficient (Wildman–Crippen LogP) is 4.45. The molecular weight excluding hydrogens is 466 g/mol. The van der Waals surface area contributed by atoms with Crippen LogP contribution in [0.25, 0.3) is 11.0 Å². The Morgan fingerprint density at radius 3 is 2.47 bits per heavy atom. The van der Waals surface area contributed by atoms with Gasteiger partial charge in [-0.2, -0.15) is 0 Å². The number of ether oxygens (including phenoxy) is 1. The molecular formula is C24H29ClF2N4O3. The third-order valence-corrected chi connectivity index (χ3v) is 5.09. The highest BCUT2D eigenvalue weighted by molar-refractivity contribution is 6.31. The van der Waals surface area contributed by atoms with Gasteiger partial charge in [0.25, 0.3) is 5.91 Å². The molecule has 0 aliphatic carbocycles. The maximum absolute atomic E-state index is 12.5. The summed E-state index contributed by atoms with van der Waals surface area (Å²) in [5, 5.41) is 1.26. The maximum atomic E-state index is 12.5. The molecule has 10 heteroatoms. The molecule has 4 rings (SSSR count). The number of H-pyrrole nitrogens is 1. The number of pyridine rings is 1. The second kappa shape index (κ2) is 13.0. The van der Waals surface area contributed by atoms with Gasteiger partial charge in [0.2, 0.25) is 5.91 Å². The number of morpholine rings is 1. The molecule has 1 aliphatic rings. The van der Waals surface area contributed by atoms with Gasteiger partial charge >= 0.3 is 0 Å². The summed E-state index contributed by atoms with van der Waals surface area (Å²) < 4.78 is 29.7. The molecule has 34 heavy (non-hydrogen) atoms. The number of nitrogens with zero attached hydrogens (tertiary/aromatic N) is 3. The van der Waals surface area contributed by atoms with Crippen LogP contribution in [-0.4, -0.2) is 71.5 Å². The maximum Gasteiger partial charge on any atom is 0.270 e. The second-order valence-corrected chi connectivity index (χ2v) is 7.76. The standard InChI is InChI=1S/C15H17ClN4O3.C7H6F2.C2H6/c1-19(9-13(21)20-2-4-23-5-3-20)15(22)12-7-10-6-11(16)8-17-14(10)18-12;1-5-2-3-6(8)4-7(5)9;1-2/h6-8H,2-5,9H2,1H3,(H,17,18);2-4H,1H3;1-2H3. The lowest BCUT2D eigenvalue weighted by Crippen LogP contribution is -2.46. The van der Waals surface area contributed by atoms with Crippen LogP contribution in [0.5, 0.6) is 0 Å². The van der Waals surface area contributed by atoms with Gasteiger partial charge in [0.15, 0.2) is 0 Å². The van der Waals surface area contributed by atoms with Gasteiger partial charge in [0.1, 0.15) is 23.0 Å². The van der Waals surface area contributed by atoms with Crippen LogP contribution in [0.15, 0.2) is 36.5 Å². The number of halogens is 3. The Labute approximate surface area is 202 Å². The van der Waals surface area contributed by atoms with Crippen molar-refractivity contribution < 1.29 is 23.1 Å². The van der Waals surface area contributed by atoms with Gasteiger partial charge in [-0.1, -0.05) is 31.5 Å². The van der Waals surface area contributed by atoms with E-state index < -0.39 is 11.6 Å². The highest BCUT2D eigenvalue weighted by atomic mass is 35.5. The molecule has 1 saturated heterocycles. The van der Waals surface area contributed by atoms with Crippen LogP contribution in [0.1, 0.15) is 29.9 Å². The smallest absolute Gasteiger partial charge is 0.270 e. The van der Waals surface area contributed by atoms with Crippen LogP contribution in [0.3, 0.4) is 0 Å². The van der Waals surface area contributed by atoms with Crippen LogP contribution in [0.2, 0.25) is 5.02 Å². The number of benzene rings is 1. The molecule has 7 nitrogen and oxygen atoms in total. The number of aromatic amines is 1. The van der Waals surface area contributed by atoms with Gasteiger partial charge in [0, 0.05) is 37.8 Å². The van der Waals surface area contributed by atoms with Crippen LogP contribution in [-0.2, 0) is 9.53 Å². The number of rotatable bonds is 3. The summed E-state index contributed by atoms with van der Waals surface area (Å²) in [6, 6.07) is 6.93. The van der Waals surface area contributed by atoms with Crippen molar-refractivity contribution in [3.05, 3.63) is 64.4 Å². The monoisotopic (exact) mass is 494 g/mol. The summed E-state index contributed by atoms with van der Waals surface area (Å²) in [4.78, 5) is 34.8. The average molecular weight is 495 g/mol. The van der Waals surface area contributed by atoms with Crippen LogP contribution < -0.4 is 0 Å². The molecule has 0 spiro atoms. The molecule has 0 unspecified atom stereocenters. The minimum atomic E-state index is -0.530. The van der Waals surface area contributed by atoms with Crippen LogP contribution >= 0.6 is 11.6 Å². The number of carbonyl (C=O) groups excluding carboxylic acids is 2. The number of hydrogen-bond acceptors (Lipinski definition) is 4. The molecule has 3 heterocycles. The molecule has 0 atom stereocenters. The SMILES string of the molecule is CC.CN(CC(=O)N1CCOCC1)C(=O)c1cc2cc(Cl)cnc2[nH]1.Cc1ccc(F)cc1F. The zero-order chi connectivity index (χ0) is 25.3. The van der Waals surface area contributed by atoms with E-state index in [-0.39, 0.29) is 18.4 Å². The normalized spacial score (nSPS) is 12.9. The lowest BCUT2D eigenvalue weighted by Gasteiger charge is -2.28. The molecule has 2 amide bonds. The van der Waals surface area contributed by atoms with Gasteiger partial charge in [-0.25, -0.2) is 13.8 Å². The Bertz CT molecular complexity index is 1120. The van der Waals surface area contributed by atoms with E-state index in [0.29, 0.717) is 48.2 Å². The fraction of sp³-hybridized carbons (Fsp3) is 0.375. The van der Waals surface area contributed by atoms with E-state index in [1.807, 2.05) is 13.8 Å². The highest BCUT2D eigenvalue weighted by Crippen LogP contribution is 2.18. The Morgan fingerprint density at radius 1 is 1.18 bits per heavy atom. The molecule has 0 bridgehead atoms. The summed E-state index contributed by atoms with van der Waals surface area (Å²) >= 11 is 5.89. The zero-order valence-electron chi connectivity index (χ0n) is 19.7. The van der Waals surface area contributed by atoms with E-state index in [9.17, 15) is 18.4 Å². The van der Waals surface area contributed by atoms with Crippen molar-refractivity contribution in [2.75, 3.05) is 39.9 Å². The molecule has 184 valence electrons. The summed E-state index contributed by atoms with van der Waals surface area (Å²) in [5.41, 5.74) is 1.44. The first-order valence-electron chi connectivity index (χ1n) is 10.9. The van der Waals surface area contributed by atoms with Gasteiger partial charge in [-0.05, 0) is 30.7 Å². The second-order valence-electron chi connectivity index (χ2n) is 7.32. The number of amides is 2. The van der Waals surface area contributed by atoms with Gasteiger partial charge in [-0.3, -0.25) is 9.59 Å². The van der Waals surface area contributed by atoms with E-state index >= 15 is 0 Å². The largest absolute Gasteiger partial charge is 0.378 e. The number of likely N-dealkylation sites (N-methyl/N-ethyl adjacent to an activating group) is 1. The number of fused-ring (bicyclic) bond motifs is 1. The molecule has 2 aromatic heterocycles. The van der Waals surface area contributed by atoms with E-state index in [0.717, 1.165) is 11.5 Å². The fourth-order valence-electron chi connectivity index (χ4n) is 3.06. The third-order valence-electron chi connectivity index (χ3n) is 4.88. The minimum absolute atomic E-state index is 0.0301. The molecule has 3 aromatic rings. The van der Waals surface area contributed by atoms with Crippen LogP contribution in [0, 0.1) is 18.6 Å². The molecule has 0 radical (unpaired) electrons. The summed E-state index contributed by atoms with van der Waals surface area (Å²) in [5.74, 6) is -1.37. The first kappa shape index (κ1) is 27.2. The van der Waals surface area contributed by atoms with Crippen molar-refractivity contribution in [3.8, 4) is 0 Å². The topological polar surface area (TPSA) is 78.5 Å². The average Bonchev–Trinajstić information content (AvgIpc) is 3.26. The van der Waals surface area contributed by atoms with Crippen molar-refractivity contribution in [2.45, 2.75) is 20.8 Å². The number of carbonyl (C=O) groups is 2. The number of aryl methyl sites for hydroxylation is 1. The number of aromatic nitrogens is 2. The van der Waals surface area contributed by atoms with Crippen molar-refractivity contribution in [1.82, 2.24) is 19.8 Å². The van der Waals surface area contributed by atoms with E-state index in [1.165, 1.54) is 23.2 Å². The van der Waals surface area contributed by atoms with E-state index in [4.69, 9.17) is 16.3 Å². The van der Waals surface area contributed by atoms with Crippen molar-refractivity contribution >= 4 is 34.4 Å². The Morgan fingerprint density at radius 2 is 1.85 bits per heavy atom. The van der Waals surface area contributed by atoms with Gasteiger partial charge in [0.05, 0.1) is 24.8 Å². The lowest BCUT2D eigenvalue weighted by molar-refractivity contribution is -0.135. The zero-order valence-corrected chi connectivity index (χ0v) is 20.5. The van der Waals surface area contributed by atoms with Gasteiger partial charge < -0.3 is 19.5 Å². The summed E-state index contributed by atoms with van der Waals surface area (Å²) in [6.07, 6.45) is 1.51. The van der Waals surface area contributed by atoms with Crippen molar-refractivity contribution in [1.29, 1.82) is 0 Å². The van der Waals surface area contributed by atoms with Crippen molar-refractivity contribution in [2.24, 2.45) is 0 Å². The Hall–Kier alpha value is -3.04. The minimum Gasteiger partial charge on any atom is -0.378 e. The number of hydrogen-bond donors (Lipinski definition) is 1. The Kier molecular flexibility index (Phi) is 10.4. The first-order valence-corrected chi connectivity index (χ1v) is 11.3. The quantitative estimate of drug-likeness (QED) is 0.583. The third kappa shape index (κ3) is 7.50. The van der Waals surface area contributed by atoms with E-state index in [1.54, 1.807) is 31.0 Å². The predicted molar refractivity (Wildman–Crippen MR) is 128 cm³/mol. The van der Waals surface area contributed by atoms with E-state index in [2.05, 4.69) is 9.97 Å². The number of nitrogens with one attached hydrogen (secondary N) is 1. The lowest BCUT2D eigenvalue weighted by atomic mass is 10.2. The van der Waals surface area contributed by atoms with Crippen LogP contribution in [0.4, 0.5) is 8.78 Å². The first-order chi connectivity index (χ1) is 16.2. The molecule has 1 N–H and O–H groups in total. The highest BCUT2D eigenvalue weighted by Gasteiger charge is 2.22. The Balaban J connectivity index is 0.000000311. The van der Waals surface area contributed by atoms with Gasteiger partial charge in [-0.15, -0.1) is 0 Å². The fourth-order valence-corrected chi connectivity index (χ4v) is 3.23. The molecule has 1 fully saturated rings. The molecule has 1 aromatic carbocycles. The summed E-state index contributed by atoms with van der Waals surface area (Å²) in [6.45, 7) is 7.83. The molecule has 1 aliphatic heterocycles. The van der Waals surface area contributed by atoms with Crippen molar-refractivity contribution in [3.63, 3.8) is 0 Å². The molecule has 0 saturated carbocycles.